The summed E-state index contributed by atoms with van der Waals surface area (Å²) in [4.78, 5) is 19.2. The number of aromatic nitrogens is 2. The molecule has 2 aromatic heterocycles. The number of hydrogen-bond donors (Lipinski definition) is 4. The van der Waals surface area contributed by atoms with Crippen molar-refractivity contribution in [1.82, 2.24) is 19.8 Å². The van der Waals surface area contributed by atoms with E-state index in [1.807, 2.05) is 0 Å². The molecule has 1 amide bonds. The summed E-state index contributed by atoms with van der Waals surface area (Å²) in [5.41, 5.74) is 1.77. The summed E-state index contributed by atoms with van der Waals surface area (Å²) in [7, 11) is -3.94. The molecular formula is C23H22F3N5O5S. The molecule has 2 atom stereocenters. The maximum Gasteiger partial charge on any atom is 0.417 e. The van der Waals surface area contributed by atoms with E-state index in [0.29, 0.717) is 17.3 Å². The predicted octanol–water partition coefficient (Wildman–Crippen LogP) is 2.52. The van der Waals surface area contributed by atoms with E-state index in [1.165, 1.54) is 29.9 Å². The van der Waals surface area contributed by atoms with Crippen molar-refractivity contribution in [2.75, 3.05) is 18.4 Å². The van der Waals surface area contributed by atoms with E-state index in [1.54, 1.807) is 18.2 Å². The van der Waals surface area contributed by atoms with Gasteiger partial charge in [0.05, 0.1) is 22.6 Å². The minimum Gasteiger partial charge on any atom is -0.390 e. The summed E-state index contributed by atoms with van der Waals surface area (Å²) in [6, 6.07) is 10.4. The number of β-amino-alcohol motifs (C(OH)–C–C–N with tert-alkyl or cyclic N) is 1. The average molecular weight is 538 g/mol. The van der Waals surface area contributed by atoms with Gasteiger partial charge in [0.1, 0.15) is 11.5 Å². The molecule has 0 spiro atoms. The summed E-state index contributed by atoms with van der Waals surface area (Å²) in [6.45, 7) is -0.143. The Morgan fingerprint density at radius 1 is 1.05 bits per heavy atom. The molecule has 1 aromatic carbocycles. The number of hydrogen-bond acceptors (Lipinski definition) is 8. The van der Waals surface area contributed by atoms with Crippen LogP contribution in [0.2, 0.25) is 0 Å². The number of aliphatic hydroxyl groups is 1. The fourth-order valence-electron chi connectivity index (χ4n) is 3.89. The number of halogens is 3. The highest BCUT2D eigenvalue weighted by Gasteiger charge is 2.35. The minimum atomic E-state index is -4.51. The predicted molar refractivity (Wildman–Crippen MR) is 125 cm³/mol. The largest absolute Gasteiger partial charge is 0.417 e. The molecule has 1 fully saturated rings. The van der Waals surface area contributed by atoms with E-state index < -0.39 is 39.8 Å². The second-order valence-corrected chi connectivity index (χ2v) is 10.2. The number of hydroxylamine groups is 1. The number of nitrogens with one attached hydrogen (secondary N) is 2. The molecule has 37 heavy (non-hydrogen) atoms. The Hall–Kier alpha value is -3.59. The molecular weight excluding hydrogens is 515 g/mol. The Balaban J connectivity index is 1.42. The lowest BCUT2D eigenvalue weighted by Crippen LogP contribution is -2.51. The molecule has 10 nitrogen and oxygen atoms in total. The normalized spacial score (nSPS) is 18.8. The van der Waals surface area contributed by atoms with E-state index in [-0.39, 0.29) is 35.9 Å². The first-order chi connectivity index (χ1) is 17.5. The average Bonchev–Trinajstić information content (AvgIpc) is 2.89. The summed E-state index contributed by atoms with van der Waals surface area (Å²) in [6.07, 6.45) is -3.37. The van der Waals surface area contributed by atoms with E-state index in [0.717, 1.165) is 16.4 Å². The van der Waals surface area contributed by atoms with Gasteiger partial charge >= 0.3 is 6.18 Å². The third-order valence-electron chi connectivity index (χ3n) is 5.89. The van der Waals surface area contributed by atoms with Gasteiger partial charge in [-0.15, -0.1) is 0 Å². The van der Waals surface area contributed by atoms with Crippen molar-refractivity contribution in [2.24, 2.45) is 0 Å². The van der Waals surface area contributed by atoms with Gasteiger partial charge in [0, 0.05) is 25.5 Å². The monoisotopic (exact) mass is 537 g/mol. The highest BCUT2D eigenvalue weighted by molar-refractivity contribution is 7.89. The van der Waals surface area contributed by atoms with Crippen molar-refractivity contribution in [1.29, 1.82) is 0 Å². The van der Waals surface area contributed by atoms with Crippen LogP contribution in [0.25, 0.3) is 11.1 Å². The lowest BCUT2D eigenvalue weighted by Gasteiger charge is -2.35. The molecule has 4 N–H and O–H groups in total. The van der Waals surface area contributed by atoms with Gasteiger partial charge in [-0.1, -0.05) is 12.1 Å². The van der Waals surface area contributed by atoms with E-state index in [4.69, 9.17) is 5.21 Å². The van der Waals surface area contributed by atoms with Gasteiger partial charge in [0.25, 0.3) is 5.91 Å². The molecule has 1 aliphatic rings. The first-order valence-electron chi connectivity index (χ1n) is 11.0. The molecule has 196 valence electrons. The fraction of sp³-hybridized carbons (Fsp3) is 0.261. The van der Waals surface area contributed by atoms with Crippen molar-refractivity contribution in [3.63, 3.8) is 0 Å². The number of piperidine rings is 1. The van der Waals surface area contributed by atoms with Crippen molar-refractivity contribution in [3.8, 4) is 11.1 Å². The first-order valence-corrected chi connectivity index (χ1v) is 12.4. The van der Waals surface area contributed by atoms with Crippen LogP contribution in [0.3, 0.4) is 0 Å². The summed E-state index contributed by atoms with van der Waals surface area (Å²) in [5.74, 6) is -0.647. The highest BCUT2D eigenvalue weighted by atomic mass is 32.2. The smallest absolute Gasteiger partial charge is 0.390 e. The number of rotatable bonds is 6. The van der Waals surface area contributed by atoms with Crippen LogP contribution in [0.15, 0.2) is 65.8 Å². The number of anilines is 1. The number of carbonyl (C=O) groups is 1. The van der Waals surface area contributed by atoms with Crippen LogP contribution >= 0.6 is 0 Å². The zero-order valence-electron chi connectivity index (χ0n) is 19.1. The molecule has 3 aromatic rings. The summed E-state index contributed by atoms with van der Waals surface area (Å²) >= 11 is 0. The topological polar surface area (TPSA) is 145 Å². The number of benzene rings is 1. The van der Waals surface area contributed by atoms with Gasteiger partial charge in [-0.05, 0) is 53.9 Å². The number of carbonyl (C=O) groups excluding carboxylic acids is 1. The van der Waals surface area contributed by atoms with Gasteiger partial charge in [-0.3, -0.25) is 15.0 Å². The molecule has 3 heterocycles. The Morgan fingerprint density at radius 2 is 1.78 bits per heavy atom. The van der Waals surface area contributed by atoms with Gasteiger partial charge < -0.3 is 10.4 Å². The van der Waals surface area contributed by atoms with Crippen molar-refractivity contribution < 1.29 is 36.7 Å². The van der Waals surface area contributed by atoms with Crippen LogP contribution in [0, 0.1) is 0 Å². The van der Waals surface area contributed by atoms with Crippen LogP contribution in [-0.4, -0.2) is 64.1 Å². The molecule has 14 heteroatoms. The Morgan fingerprint density at radius 3 is 2.38 bits per heavy atom. The number of aliphatic hydroxyl groups excluding tert-OH is 1. The van der Waals surface area contributed by atoms with Gasteiger partial charge in [0.15, 0.2) is 0 Å². The minimum absolute atomic E-state index is 0.00152. The van der Waals surface area contributed by atoms with Gasteiger partial charge in [-0.2, -0.15) is 17.5 Å². The quantitative estimate of drug-likeness (QED) is 0.277. The van der Waals surface area contributed by atoms with Crippen LogP contribution < -0.4 is 10.8 Å². The Labute approximate surface area is 209 Å². The number of nitrogens with zero attached hydrogens (tertiary/aromatic N) is 3. The standard InChI is InChI=1S/C23H22F3N5O5S/c24-23(25,26)16-3-6-21(28-12-16)29-18-8-10-31(13-20(18)32)37(35,36)17-4-1-14(2-5-17)15-7-9-27-19(11-15)22(33)30-34/h1-7,9,11-12,18,20,32,34H,8,10,13H2,(H,28,29)(H,30,33)/t18-,20+/m1/s1. The lowest BCUT2D eigenvalue weighted by molar-refractivity contribution is -0.137. The third-order valence-corrected chi connectivity index (χ3v) is 7.77. The van der Waals surface area contributed by atoms with E-state index >= 15 is 0 Å². The highest BCUT2D eigenvalue weighted by Crippen LogP contribution is 2.30. The molecule has 0 unspecified atom stereocenters. The number of alkyl halides is 3. The van der Waals surface area contributed by atoms with Crippen LogP contribution in [-0.2, 0) is 16.2 Å². The second-order valence-electron chi connectivity index (χ2n) is 8.29. The molecule has 0 saturated carbocycles. The number of sulfonamides is 1. The zero-order valence-corrected chi connectivity index (χ0v) is 19.9. The summed E-state index contributed by atoms with van der Waals surface area (Å²) < 4.78 is 65.6. The van der Waals surface area contributed by atoms with Gasteiger partial charge in [-0.25, -0.2) is 18.9 Å². The zero-order chi connectivity index (χ0) is 26.8. The molecule has 0 bridgehead atoms. The number of pyridine rings is 2. The second kappa shape index (κ2) is 10.4. The summed E-state index contributed by atoms with van der Waals surface area (Å²) in [5, 5.41) is 22.2. The maximum absolute atomic E-state index is 13.1. The fourth-order valence-corrected chi connectivity index (χ4v) is 5.36. The van der Waals surface area contributed by atoms with Crippen LogP contribution in [0.5, 0.6) is 0 Å². The van der Waals surface area contributed by atoms with E-state index in [9.17, 15) is 31.5 Å². The van der Waals surface area contributed by atoms with Gasteiger partial charge in [0.2, 0.25) is 10.0 Å². The van der Waals surface area contributed by atoms with E-state index in [2.05, 4.69) is 15.3 Å². The molecule has 1 saturated heterocycles. The lowest BCUT2D eigenvalue weighted by atomic mass is 10.0. The Bertz CT molecular complexity index is 1370. The SMILES string of the molecule is O=C(NO)c1cc(-c2ccc(S(=O)(=O)N3CC[C@@H](Nc4ccc(C(F)(F)F)cn4)[C@@H](O)C3)cc2)ccn1. The molecule has 4 rings (SSSR count). The van der Waals surface area contributed by atoms with Crippen molar-refractivity contribution >= 4 is 21.7 Å². The van der Waals surface area contributed by atoms with Crippen LogP contribution in [0.4, 0.5) is 19.0 Å². The molecule has 0 aliphatic carbocycles. The van der Waals surface area contributed by atoms with Crippen molar-refractivity contribution in [2.45, 2.75) is 29.6 Å². The number of amides is 1. The molecule has 1 aliphatic heterocycles. The Kier molecular flexibility index (Phi) is 7.45. The first kappa shape index (κ1) is 26.5. The molecule has 0 radical (unpaired) electrons. The third kappa shape index (κ3) is 5.88. The maximum atomic E-state index is 13.1. The van der Waals surface area contributed by atoms with Crippen molar-refractivity contribution in [3.05, 3.63) is 72.2 Å². The van der Waals surface area contributed by atoms with Crippen LogP contribution in [0.1, 0.15) is 22.5 Å².